The van der Waals surface area contributed by atoms with Crippen molar-refractivity contribution >= 4 is 5.91 Å². The second-order valence-corrected chi connectivity index (χ2v) is 13.8. The molecule has 0 heterocycles. The van der Waals surface area contributed by atoms with Gasteiger partial charge < -0.3 is 20.6 Å². The van der Waals surface area contributed by atoms with E-state index in [1.54, 1.807) is 0 Å². The first-order chi connectivity index (χ1) is 22.1. The Morgan fingerprint density at radius 1 is 0.533 bits per heavy atom. The number of carbonyl (C=O) groups excluding carboxylic acids is 1. The molecule has 4 N–H and O–H groups in total. The van der Waals surface area contributed by atoms with E-state index in [1.807, 2.05) is 0 Å². The second kappa shape index (κ2) is 35.9. The Labute approximate surface area is 280 Å². The molecular formula is C40H79NO4. The van der Waals surface area contributed by atoms with Crippen molar-refractivity contribution in [3.63, 3.8) is 0 Å². The van der Waals surface area contributed by atoms with Gasteiger partial charge in [0.2, 0.25) is 5.91 Å². The Morgan fingerprint density at radius 3 is 1.29 bits per heavy atom. The number of amides is 1. The molecule has 268 valence electrons. The summed E-state index contributed by atoms with van der Waals surface area (Å²) in [5, 5.41) is 33.4. The van der Waals surface area contributed by atoms with Crippen LogP contribution >= 0.6 is 0 Å². The highest BCUT2D eigenvalue weighted by Crippen LogP contribution is 2.15. The molecule has 0 aromatic carbocycles. The maximum absolute atomic E-state index is 12.4. The number of hydrogen-bond donors (Lipinski definition) is 4. The highest BCUT2D eigenvalue weighted by atomic mass is 16.3. The molecule has 3 atom stereocenters. The van der Waals surface area contributed by atoms with Crippen LogP contribution in [0, 0.1) is 0 Å². The van der Waals surface area contributed by atoms with Gasteiger partial charge in [0, 0.05) is 6.42 Å². The molecule has 0 fully saturated rings. The van der Waals surface area contributed by atoms with Gasteiger partial charge in [-0.05, 0) is 38.5 Å². The minimum absolute atomic E-state index is 0.153. The third-order valence-electron chi connectivity index (χ3n) is 9.37. The summed E-state index contributed by atoms with van der Waals surface area (Å²) in [6.07, 6.45) is 40.2. The molecule has 0 rings (SSSR count). The van der Waals surface area contributed by atoms with E-state index in [4.69, 9.17) is 0 Å². The van der Waals surface area contributed by atoms with Crippen LogP contribution in [-0.2, 0) is 4.79 Å². The summed E-state index contributed by atoms with van der Waals surface area (Å²) in [7, 11) is 0. The van der Waals surface area contributed by atoms with Crippen LogP contribution in [0.3, 0.4) is 0 Å². The lowest BCUT2D eigenvalue weighted by atomic mass is 10.0. The number of aliphatic hydroxyl groups is 3. The standard InChI is InChI=1S/C40H79NO4/c1-3-5-7-9-11-13-15-17-18-19-20-21-23-24-26-28-30-32-34-38(43)40(45)37(36-42)41-39(44)35-33-31-29-27-25-22-16-14-12-10-8-6-4-2/h26,28,37-38,40,42-43,45H,3-25,27,29-36H2,1-2H3,(H,41,44)/b28-26+. The lowest BCUT2D eigenvalue weighted by molar-refractivity contribution is -0.124. The van der Waals surface area contributed by atoms with E-state index < -0.39 is 18.2 Å². The normalized spacial score (nSPS) is 13.8. The van der Waals surface area contributed by atoms with Gasteiger partial charge in [0.25, 0.3) is 0 Å². The number of aliphatic hydroxyl groups excluding tert-OH is 3. The second-order valence-electron chi connectivity index (χ2n) is 13.8. The van der Waals surface area contributed by atoms with Gasteiger partial charge in [-0.1, -0.05) is 180 Å². The number of rotatable bonds is 36. The number of carbonyl (C=O) groups is 1. The Hall–Kier alpha value is -0.910. The maximum atomic E-state index is 12.4. The van der Waals surface area contributed by atoms with E-state index in [0.717, 1.165) is 38.5 Å². The summed E-state index contributed by atoms with van der Waals surface area (Å²) in [4.78, 5) is 12.4. The highest BCUT2D eigenvalue weighted by Gasteiger charge is 2.26. The van der Waals surface area contributed by atoms with Crippen molar-refractivity contribution in [2.24, 2.45) is 0 Å². The van der Waals surface area contributed by atoms with Crippen molar-refractivity contribution in [1.29, 1.82) is 0 Å². The summed E-state index contributed by atoms with van der Waals surface area (Å²) in [5.74, 6) is -0.153. The molecule has 5 nitrogen and oxygen atoms in total. The van der Waals surface area contributed by atoms with Gasteiger partial charge in [0.1, 0.15) is 6.10 Å². The van der Waals surface area contributed by atoms with Crippen molar-refractivity contribution in [2.75, 3.05) is 6.61 Å². The number of allylic oxidation sites excluding steroid dienone is 2. The number of unbranched alkanes of at least 4 members (excludes halogenated alkanes) is 26. The average Bonchev–Trinajstić information content (AvgIpc) is 3.04. The third-order valence-corrected chi connectivity index (χ3v) is 9.37. The SMILES string of the molecule is CCCCCCCCCCCCCCC/C=C/CCCC(O)C(O)C(CO)NC(=O)CCCCCCCCCCCCCCC. The molecule has 0 aromatic rings. The van der Waals surface area contributed by atoms with Crippen LogP contribution < -0.4 is 5.32 Å². The quantitative estimate of drug-likeness (QED) is 0.0406. The molecule has 0 saturated heterocycles. The van der Waals surface area contributed by atoms with E-state index in [9.17, 15) is 20.1 Å². The molecule has 0 aliphatic heterocycles. The first-order valence-electron chi connectivity index (χ1n) is 20.0. The molecule has 0 spiro atoms. The summed E-state index contributed by atoms with van der Waals surface area (Å²) in [6.45, 7) is 4.16. The first kappa shape index (κ1) is 44.1. The fraction of sp³-hybridized carbons (Fsp3) is 0.925. The Bertz CT molecular complexity index is 625. The van der Waals surface area contributed by atoms with Gasteiger partial charge in [-0.25, -0.2) is 0 Å². The Kier molecular flexibility index (Phi) is 35.2. The summed E-state index contributed by atoms with van der Waals surface area (Å²) < 4.78 is 0. The summed E-state index contributed by atoms with van der Waals surface area (Å²) >= 11 is 0. The minimum atomic E-state index is -1.15. The maximum Gasteiger partial charge on any atom is 0.220 e. The lowest BCUT2D eigenvalue weighted by Crippen LogP contribution is -2.50. The van der Waals surface area contributed by atoms with E-state index in [2.05, 4.69) is 31.3 Å². The molecule has 0 aliphatic carbocycles. The minimum Gasteiger partial charge on any atom is -0.394 e. The predicted octanol–water partition coefficient (Wildman–Crippen LogP) is 10.9. The van der Waals surface area contributed by atoms with Gasteiger partial charge in [-0.3, -0.25) is 4.79 Å². The van der Waals surface area contributed by atoms with Crippen molar-refractivity contribution in [1.82, 2.24) is 5.32 Å². The third kappa shape index (κ3) is 31.5. The van der Waals surface area contributed by atoms with E-state index in [1.165, 1.54) is 148 Å². The van der Waals surface area contributed by atoms with E-state index in [-0.39, 0.29) is 12.5 Å². The van der Waals surface area contributed by atoms with Gasteiger partial charge in [0.15, 0.2) is 0 Å². The van der Waals surface area contributed by atoms with Crippen LogP contribution in [0.1, 0.15) is 213 Å². The average molecular weight is 638 g/mol. The zero-order valence-electron chi connectivity index (χ0n) is 30.3. The Balaban J connectivity index is 3.68. The molecule has 45 heavy (non-hydrogen) atoms. The van der Waals surface area contributed by atoms with Crippen LogP contribution in [0.5, 0.6) is 0 Å². The molecule has 0 radical (unpaired) electrons. The predicted molar refractivity (Wildman–Crippen MR) is 195 cm³/mol. The fourth-order valence-electron chi connectivity index (χ4n) is 6.22. The fourth-order valence-corrected chi connectivity index (χ4v) is 6.22. The summed E-state index contributed by atoms with van der Waals surface area (Å²) in [6, 6.07) is -0.819. The number of nitrogens with one attached hydrogen (secondary N) is 1. The van der Waals surface area contributed by atoms with Gasteiger partial charge in [0.05, 0.1) is 18.8 Å². The summed E-state index contributed by atoms with van der Waals surface area (Å²) in [5.41, 5.74) is 0. The van der Waals surface area contributed by atoms with Gasteiger partial charge in [-0.15, -0.1) is 0 Å². The van der Waals surface area contributed by atoms with Crippen molar-refractivity contribution < 1.29 is 20.1 Å². The zero-order valence-corrected chi connectivity index (χ0v) is 30.3. The Morgan fingerprint density at radius 2 is 0.889 bits per heavy atom. The topological polar surface area (TPSA) is 89.8 Å². The molecule has 0 aliphatic rings. The smallest absolute Gasteiger partial charge is 0.220 e. The molecule has 3 unspecified atom stereocenters. The largest absolute Gasteiger partial charge is 0.394 e. The first-order valence-corrected chi connectivity index (χ1v) is 20.0. The van der Waals surface area contributed by atoms with E-state index in [0.29, 0.717) is 12.8 Å². The van der Waals surface area contributed by atoms with Crippen molar-refractivity contribution in [2.45, 2.75) is 231 Å². The number of hydrogen-bond acceptors (Lipinski definition) is 4. The zero-order chi connectivity index (χ0) is 33.1. The monoisotopic (exact) mass is 638 g/mol. The van der Waals surface area contributed by atoms with Gasteiger partial charge in [-0.2, -0.15) is 0 Å². The van der Waals surface area contributed by atoms with Crippen LogP contribution in [0.2, 0.25) is 0 Å². The molecule has 5 heteroatoms. The van der Waals surface area contributed by atoms with Crippen LogP contribution in [0.4, 0.5) is 0 Å². The molecule has 0 saturated carbocycles. The van der Waals surface area contributed by atoms with Gasteiger partial charge >= 0.3 is 0 Å². The highest BCUT2D eigenvalue weighted by molar-refractivity contribution is 5.76. The van der Waals surface area contributed by atoms with Crippen LogP contribution in [-0.4, -0.2) is 46.1 Å². The van der Waals surface area contributed by atoms with Crippen LogP contribution in [0.25, 0.3) is 0 Å². The van der Waals surface area contributed by atoms with Crippen LogP contribution in [0.15, 0.2) is 12.2 Å². The van der Waals surface area contributed by atoms with Crippen molar-refractivity contribution in [3.8, 4) is 0 Å². The molecular weight excluding hydrogens is 558 g/mol. The lowest BCUT2D eigenvalue weighted by Gasteiger charge is -2.26. The van der Waals surface area contributed by atoms with Crippen molar-refractivity contribution in [3.05, 3.63) is 12.2 Å². The molecule has 0 aromatic heterocycles. The van der Waals surface area contributed by atoms with E-state index >= 15 is 0 Å². The molecule has 0 bridgehead atoms. The molecule has 1 amide bonds.